The molecular weight excluding hydrogens is 422 g/mol. The number of anilines is 2. The van der Waals surface area contributed by atoms with Crippen LogP contribution in [-0.4, -0.2) is 61.5 Å². The van der Waals surface area contributed by atoms with Crippen LogP contribution < -0.4 is 15.0 Å². The number of pyridine rings is 1. The van der Waals surface area contributed by atoms with Crippen LogP contribution >= 0.6 is 0 Å². The van der Waals surface area contributed by atoms with Crippen molar-refractivity contribution in [1.82, 2.24) is 24.7 Å². The van der Waals surface area contributed by atoms with Crippen molar-refractivity contribution < 1.29 is 14.6 Å². The highest BCUT2D eigenvalue weighted by atomic mass is 16.5. The molecule has 1 saturated heterocycles. The third-order valence-corrected chi connectivity index (χ3v) is 5.86. The second-order valence-corrected chi connectivity index (χ2v) is 8.55. The lowest BCUT2D eigenvalue weighted by molar-refractivity contribution is 0.0839. The van der Waals surface area contributed by atoms with Gasteiger partial charge in [-0.3, -0.25) is 14.8 Å². The standard InChI is InChI=1S/C23H25N7O3/c1-23(32)7-9-30(13-23)18-10-14(6-8-24-18)21(31)28-22-26-19-16(15-11-25-29(2)12-15)4-5-17(33-3)20(19)27-22/h4-6,8,10-12,32H,7,9,13H2,1-3H3,(H2,26,27,28,31)/t23-/m1/s1. The zero-order chi connectivity index (χ0) is 23.2. The summed E-state index contributed by atoms with van der Waals surface area (Å²) in [5.41, 5.74) is 2.85. The molecule has 10 nitrogen and oxygen atoms in total. The van der Waals surface area contributed by atoms with Gasteiger partial charge in [-0.25, -0.2) is 9.97 Å². The molecule has 4 aromatic rings. The Morgan fingerprint density at radius 3 is 2.88 bits per heavy atom. The van der Waals surface area contributed by atoms with Crippen molar-refractivity contribution in [1.29, 1.82) is 0 Å². The highest BCUT2D eigenvalue weighted by Gasteiger charge is 2.32. The van der Waals surface area contributed by atoms with E-state index in [2.05, 4.69) is 25.4 Å². The van der Waals surface area contributed by atoms with Crippen LogP contribution in [0.15, 0.2) is 42.9 Å². The van der Waals surface area contributed by atoms with E-state index in [1.165, 1.54) is 0 Å². The molecular formula is C23H25N7O3. The Morgan fingerprint density at radius 1 is 1.33 bits per heavy atom. The number of fused-ring (bicyclic) bond motifs is 1. The summed E-state index contributed by atoms with van der Waals surface area (Å²) in [6.07, 6.45) is 5.93. The lowest BCUT2D eigenvalue weighted by atomic mass is 10.1. The number of ether oxygens (including phenoxy) is 1. The van der Waals surface area contributed by atoms with E-state index in [4.69, 9.17) is 4.74 Å². The summed E-state index contributed by atoms with van der Waals surface area (Å²) in [5.74, 6) is 1.28. The Labute approximate surface area is 190 Å². The van der Waals surface area contributed by atoms with Crippen LogP contribution in [0.1, 0.15) is 23.7 Å². The minimum atomic E-state index is -0.751. The number of amides is 1. The molecule has 0 radical (unpaired) electrons. The molecule has 3 aromatic heterocycles. The molecule has 1 amide bonds. The van der Waals surface area contributed by atoms with E-state index in [-0.39, 0.29) is 5.91 Å². The van der Waals surface area contributed by atoms with E-state index >= 15 is 0 Å². The fraction of sp³-hybridized carbons (Fsp3) is 0.304. The number of methoxy groups -OCH3 is 1. The van der Waals surface area contributed by atoms with Gasteiger partial charge in [0.1, 0.15) is 22.6 Å². The van der Waals surface area contributed by atoms with Gasteiger partial charge in [-0.15, -0.1) is 0 Å². The number of rotatable bonds is 5. The molecule has 0 spiro atoms. The van der Waals surface area contributed by atoms with Crippen molar-refractivity contribution in [2.24, 2.45) is 7.05 Å². The smallest absolute Gasteiger partial charge is 0.258 e. The number of H-pyrrole nitrogens is 1. The Morgan fingerprint density at radius 2 is 2.18 bits per heavy atom. The lowest BCUT2D eigenvalue weighted by Crippen LogP contribution is -2.30. The number of aliphatic hydroxyl groups is 1. The molecule has 3 N–H and O–H groups in total. The zero-order valence-electron chi connectivity index (χ0n) is 18.7. The molecule has 1 aliphatic heterocycles. The quantitative estimate of drug-likeness (QED) is 0.430. The first-order valence-corrected chi connectivity index (χ1v) is 10.6. The number of hydrogen-bond donors (Lipinski definition) is 3. The molecule has 0 unspecified atom stereocenters. The number of carbonyl (C=O) groups is 1. The van der Waals surface area contributed by atoms with Crippen LogP contribution in [0.2, 0.25) is 0 Å². The first-order valence-electron chi connectivity index (χ1n) is 10.6. The highest BCUT2D eigenvalue weighted by Crippen LogP contribution is 2.34. The van der Waals surface area contributed by atoms with Crippen molar-refractivity contribution in [2.45, 2.75) is 18.9 Å². The molecule has 170 valence electrons. The van der Waals surface area contributed by atoms with E-state index in [1.807, 2.05) is 30.3 Å². The normalized spacial score (nSPS) is 18.1. The molecule has 1 aromatic carbocycles. The molecule has 1 fully saturated rings. The number of nitrogens with zero attached hydrogens (tertiary/aromatic N) is 5. The maximum Gasteiger partial charge on any atom is 0.258 e. The third kappa shape index (κ3) is 4.00. The number of nitrogens with one attached hydrogen (secondary N) is 2. The molecule has 0 bridgehead atoms. The van der Waals surface area contributed by atoms with Gasteiger partial charge in [-0.05, 0) is 37.6 Å². The molecule has 0 aliphatic carbocycles. The minimum Gasteiger partial charge on any atom is -0.494 e. The van der Waals surface area contributed by atoms with Crippen LogP contribution in [0.4, 0.5) is 11.8 Å². The average molecular weight is 447 g/mol. The monoisotopic (exact) mass is 447 g/mol. The van der Waals surface area contributed by atoms with Gasteiger partial charge in [-0.2, -0.15) is 5.10 Å². The van der Waals surface area contributed by atoms with Gasteiger partial charge >= 0.3 is 0 Å². The number of benzene rings is 1. The Kier molecular flexibility index (Phi) is 5.01. The van der Waals surface area contributed by atoms with Gasteiger partial charge in [-0.1, -0.05) is 0 Å². The first-order chi connectivity index (χ1) is 15.8. The van der Waals surface area contributed by atoms with Gasteiger partial charge in [0.05, 0.1) is 18.9 Å². The topological polar surface area (TPSA) is 121 Å². The van der Waals surface area contributed by atoms with E-state index in [0.717, 1.165) is 11.1 Å². The summed E-state index contributed by atoms with van der Waals surface area (Å²) < 4.78 is 7.20. The summed E-state index contributed by atoms with van der Waals surface area (Å²) in [6.45, 7) is 2.97. The van der Waals surface area contributed by atoms with Crippen LogP contribution in [0, 0.1) is 0 Å². The Bertz CT molecular complexity index is 1340. The largest absolute Gasteiger partial charge is 0.494 e. The second kappa shape index (κ2) is 7.89. The van der Waals surface area contributed by atoms with Gasteiger partial charge in [0.25, 0.3) is 5.91 Å². The van der Waals surface area contributed by atoms with E-state index in [1.54, 1.807) is 43.2 Å². The molecule has 0 saturated carbocycles. The van der Waals surface area contributed by atoms with Gasteiger partial charge in [0.2, 0.25) is 5.95 Å². The summed E-state index contributed by atoms with van der Waals surface area (Å²) >= 11 is 0. The lowest BCUT2D eigenvalue weighted by Gasteiger charge is -2.20. The maximum atomic E-state index is 13.0. The van der Waals surface area contributed by atoms with Crippen molar-refractivity contribution in [3.05, 3.63) is 48.4 Å². The third-order valence-electron chi connectivity index (χ3n) is 5.86. The van der Waals surface area contributed by atoms with Gasteiger partial charge in [0.15, 0.2) is 0 Å². The van der Waals surface area contributed by atoms with Gasteiger partial charge < -0.3 is 19.7 Å². The number of aromatic amines is 1. The summed E-state index contributed by atoms with van der Waals surface area (Å²) in [5, 5.41) is 17.3. The molecule has 10 heteroatoms. The maximum absolute atomic E-state index is 13.0. The molecule has 4 heterocycles. The predicted octanol–water partition coefficient (Wildman–Crippen LogP) is 2.58. The van der Waals surface area contributed by atoms with Crippen molar-refractivity contribution in [2.75, 3.05) is 30.4 Å². The average Bonchev–Trinajstić information content (AvgIpc) is 3.51. The number of imidazole rings is 1. The van der Waals surface area contributed by atoms with E-state index in [0.29, 0.717) is 53.6 Å². The second-order valence-electron chi connectivity index (χ2n) is 8.55. The van der Waals surface area contributed by atoms with Crippen LogP contribution in [0.5, 0.6) is 5.75 Å². The fourth-order valence-electron chi connectivity index (χ4n) is 4.14. The van der Waals surface area contributed by atoms with Crippen LogP contribution in [0.25, 0.3) is 22.2 Å². The highest BCUT2D eigenvalue weighted by molar-refractivity contribution is 6.05. The van der Waals surface area contributed by atoms with Crippen molar-refractivity contribution >= 4 is 28.7 Å². The first kappa shape index (κ1) is 21.0. The number of β-amino-alcohol motifs (C(OH)–C–C–N with tert-alkyl or cyclic N) is 1. The number of aromatic nitrogens is 5. The predicted molar refractivity (Wildman–Crippen MR) is 124 cm³/mol. The van der Waals surface area contributed by atoms with Crippen molar-refractivity contribution in [3.8, 4) is 16.9 Å². The van der Waals surface area contributed by atoms with Crippen LogP contribution in [0.3, 0.4) is 0 Å². The SMILES string of the molecule is COc1ccc(-c2cnn(C)c2)c2nc(NC(=O)c3ccnc(N4CC[C@@](C)(O)C4)c3)[nH]c12. The van der Waals surface area contributed by atoms with E-state index < -0.39 is 5.60 Å². The summed E-state index contributed by atoms with van der Waals surface area (Å²) in [4.78, 5) is 27.1. The number of hydrogen-bond acceptors (Lipinski definition) is 7. The molecule has 1 atom stereocenters. The zero-order valence-corrected chi connectivity index (χ0v) is 18.7. The summed E-state index contributed by atoms with van der Waals surface area (Å²) in [6, 6.07) is 7.15. The van der Waals surface area contributed by atoms with Gasteiger partial charge in [0, 0.05) is 49.2 Å². The Balaban J connectivity index is 1.44. The Hall–Kier alpha value is -3.92. The fourth-order valence-corrected chi connectivity index (χ4v) is 4.14. The molecule has 5 rings (SSSR count). The molecule has 1 aliphatic rings. The number of aryl methyl sites for hydroxylation is 1. The van der Waals surface area contributed by atoms with Crippen molar-refractivity contribution in [3.63, 3.8) is 0 Å². The van der Waals surface area contributed by atoms with E-state index in [9.17, 15) is 9.90 Å². The summed E-state index contributed by atoms with van der Waals surface area (Å²) in [7, 11) is 3.44. The van der Waals surface area contributed by atoms with Crippen LogP contribution in [-0.2, 0) is 7.05 Å². The minimum absolute atomic E-state index is 0.312. The molecule has 33 heavy (non-hydrogen) atoms. The number of carbonyl (C=O) groups excluding carboxylic acids is 1.